The summed E-state index contributed by atoms with van der Waals surface area (Å²) in [5.41, 5.74) is 2.40. The topological polar surface area (TPSA) is 61.6 Å². The summed E-state index contributed by atoms with van der Waals surface area (Å²) in [5, 5.41) is 21.0. The minimum Gasteiger partial charge on any atom is -0.364 e. The lowest BCUT2D eigenvalue weighted by molar-refractivity contribution is 0.348. The molecule has 18 heavy (non-hydrogen) atoms. The second-order valence-corrected chi connectivity index (χ2v) is 5.26. The molecule has 0 aliphatic heterocycles. The summed E-state index contributed by atoms with van der Waals surface area (Å²) in [7, 11) is 0. The molecule has 0 aromatic carbocycles. The molecule has 0 amide bonds. The van der Waals surface area contributed by atoms with E-state index in [4.69, 9.17) is 0 Å². The third kappa shape index (κ3) is 2.45. The van der Waals surface area contributed by atoms with E-state index in [1.165, 1.54) is 19.3 Å². The van der Waals surface area contributed by atoms with Gasteiger partial charge in [-0.25, -0.2) is 0 Å². The standard InChI is InChI=1S/C14H20N4/c1-9-6-4-5-7-13(9)16-14-12(8-15)10(2)11(3)17-18-14/h9,13H,4-7H2,1-3H3,(H,16,18). The van der Waals surface area contributed by atoms with Gasteiger partial charge in [0.2, 0.25) is 0 Å². The SMILES string of the molecule is Cc1nnc(NC2CCCCC2C)c(C#N)c1C. The largest absolute Gasteiger partial charge is 0.364 e. The van der Waals surface area contributed by atoms with Gasteiger partial charge in [0.1, 0.15) is 11.6 Å². The zero-order valence-electron chi connectivity index (χ0n) is 11.3. The predicted molar refractivity (Wildman–Crippen MR) is 71.3 cm³/mol. The van der Waals surface area contributed by atoms with E-state index in [1.54, 1.807) is 0 Å². The van der Waals surface area contributed by atoms with Gasteiger partial charge in [-0.2, -0.15) is 10.4 Å². The maximum atomic E-state index is 9.26. The summed E-state index contributed by atoms with van der Waals surface area (Å²) in [4.78, 5) is 0. The van der Waals surface area contributed by atoms with E-state index in [0.717, 1.165) is 17.7 Å². The Hall–Kier alpha value is -1.63. The average molecular weight is 244 g/mol. The highest BCUT2D eigenvalue weighted by atomic mass is 15.2. The van der Waals surface area contributed by atoms with Crippen LogP contribution in [0.3, 0.4) is 0 Å². The van der Waals surface area contributed by atoms with Crippen molar-refractivity contribution in [3.05, 3.63) is 16.8 Å². The molecule has 2 atom stereocenters. The Morgan fingerprint density at radius 1 is 1.22 bits per heavy atom. The molecule has 2 rings (SSSR count). The van der Waals surface area contributed by atoms with Crippen molar-refractivity contribution in [2.24, 2.45) is 5.92 Å². The van der Waals surface area contributed by atoms with Crippen molar-refractivity contribution < 1.29 is 0 Å². The summed E-state index contributed by atoms with van der Waals surface area (Å²) >= 11 is 0. The molecule has 1 fully saturated rings. The first kappa shape index (κ1) is 12.8. The van der Waals surface area contributed by atoms with Gasteiger partial charge >= 0.3 is 0 Å². The smallest absolute Gasteiger partial charge is 0.167 e. The molecule has 0 spiro atoms. The lowest BCUT2D eigenvalue weighted by atomic mass is 9.86. The summed E-state index contributed by atoms with van der Waals surface area (Å²) in [6, 6.07) is 2.66. The first-order valence-electron chi connectivity index (χ1n) is 6.64. The summed E-state index contributed by atoms with van der Waals surface area (Å²) in [6.07, 6.45) is 4.96. The third-order valence-corrected chi connectivity index (χ3v) is 4.00. The van der Waals surface area contributed by atoms with E-state index in [-0.39, 0.29) is 0 Å². The quantitative estimate of drug-likeness (QED) is 0.868. The fourth-order valence-corrected chi connectivity index (χ4v) is 2.55. The minimum absolute atomic E-state index is 0.419. The molecule has 1 heterocycles. The van der Waals surface area contributed by atoms with Crippen molar-refractivity contribution in [2.45, 2.75) is 52.5 Å². The van der Waals surface area contributed by atoms with Gasteiger partial charge in [0, 0.05) is 6.04 Å². The molecule has 1 saturated carbocycles. The maximum absolute atomic E-state index is 9.26. The van der Waals surface area contributed by atoms with E-state index < -0.39 is 0 Å². The van der Waals surface area contributed by atoms with Crippen LogP contribution in [0, 0.1) is 31.1 Å². The van der Waals surface area contributed by atoms with Crippen LogP contribution in [0.1, 0.15) is 49.4 Å². The van der Waals surface area contributed by atoms with Gasteiger partial charge in [-0.3, -0.25) is 0 Å². The Balaban J connectivity index is 2.24. The van der Waals surface area contributed by atoms with Crippen molar-refractivity contribution in [2.75, 3.05) is 5.32 Å². The highest BCUT2D eigenvalue weighted by molar-refractivity contribution is 5.56. The molecule has 1 N–H and O–H groups in total. The summed E-state index contributed by atoms with van der Waals surface area (Å²) in [5.74, 6) is 1.29. The zero-order valence-corrected chi connectivity index (χ0v) is 11.3. The van der Waals surface area contributed by atoms with Crippen LogP contribution >= 0.6 is 0 Å². The van der Waals surface area contributed by atoms with Crippen molar-refractivity contribution in [3.8, 4) is 6.07 Å². The minimum atomic E-state index is 0.419. The Bertz CT molecular complexity index is 475. The number of rotatable bonds is 2. The number of hydrogen-bond donors (Lipinski definition) is 1. The molecular formula is C14H20N4. The molecule has 1 aliphatic rings. The number of aryl methyl sites for hydroxylation is 1. The summed E-state index contributed by atoms with van der Waals surface area (Å²) < 4.78 is 0. The van der Waals surface area contributed by atoms with Crippen LogP contribution in [0.5, 0.6) is 0 Å². The number of nitriles is 1. The Morgan fingerprint density at radius 3 is 2.61 bits per heavy atom. The Kier molecular flexibility index (Phi) is 3.81. The second kappa shape index (κ2) is 5.34. The molecule has 4 heteroatoms. The van der Waals surface area contributed by atoms with Crippen LogP contribution in [-0.2, 0) is 0 Å². The molecule has 2 unspecified atom stereocenters. The zero-order chi connectivity index (χ0) is 13.1. The summed E-state index contributed by atoms with van der Waals surface area (Å²) in [6.45, 7) is 6.07. The molecule has 0 bridgehead atoms. The van der Waals surface area contributed by atoms with Crippen LogP contribution in [0.25, 0.3) is 0 Å². The predicted octanol–water partition coefficient (Wildman–Crippen LogP) is 2.96. The van der Waals surface area contributed by atoms with Crippen LogP contribution in [0.15, 0.2) is 0 Å². The maximum Gasteiger partial charge on any atom is 0.167 e. The van der Waals surface area contributed by atoms with Crippen molar-refractivity contribution in [1.29, 1.82) is 5.26 Å². The fraction of sp³-hybridized carbons (Fsp3) is 0.643. The number of anilines is 1. The number of aromatic nitrogens is 2. The Morgan fingerprint density at radius 2 is 1.94 bits per heavy atom. The van der Waals surface area contributed by atoms with Gasteiger partial charge in [0.15, 0.2) is 5.82 Å². The van der Waals surface area contributed by atoms with Crippen molar-refractivity contribution >= 4 is 5.82 Å². The average Bonchev–Trinajstić information content (AvgIpc) is 2.37. The van der Waals surface area contributed by atoms with Gasteiger partial charge in [-0.15, -0.1) is 5.10 Å². The first-order valence-corrected chi connectivity index (χ1v) is 6.64. The van der Waals surface area contributed by atoms with E-state index >= 15 is 0 Å². The monoisotopic (exact) mass is 244 g/mol. The van der Waals surface area contributed by atoms with Crippen molar-refractivity contribution in [1.82, 2.24) is 10.2 Å². The van der Waals surface area contributed by atoms with Gasteiger partial charge in [-0.05, 0) is 38.2 Å². The fourth-order valence-electron chi connectivity index (χ4n) is 2.55. The molecule has 1 aromatic heterocycles. The highest BCUT2D eigenvalue weighted by Gasteiger charge is 2.23. The van der Waals surface area contributed by atoms with E-state index in [2.05, 4.69) is 28.5 Å². The molecular weight excluding hydrogens is 224 g/mol. The van der Waals surface area contributed by atoms with Crippen LogP contribution < -0.4 is 5.32 Å². The molecule has 1 aromatic rings. The number of nitrogens with zero attached hydrogens (tertiary/aromatic N) is 3. The molecule has 0 saturated heterocycles. The highest BCUT2D eigenvalue weighted by Crippen LogP contribution is 2.27. The van der Waals surface area contributed by atoms with Crippen LogP contribution in [0.2, 0.25) is 0 Å². The van der Waals surface area contributed by atoms with Gasteiger partial charge in [0.25, 0.3) is 0 Å². The normalized spacial score (nSPS) is 23.4. The van der Waals surface area contributed by atoms with Gasteiger partial charge in [0.05, 0.1) is 5.69 Å². The van der Waals surface area contributed by atoms with E-state index in [0.29, 0.717) is 23.3 Å². The lowest BCUT2D eigenvalue weighted by Crippen LogP contribution is -2.31. The van der Waals surface area contributed by atoms with Gasteiger partial charge < -0.3 is 5.32 Å². The van der Waals surface area contributed by atoms with E-state index in [1.807, 2.05) is 13.8 Å². The third-order valence-electron chi connectivity index (χ3n) is 4.00. The molecule has 1 aliphatic carbocycles. The van der Waals surface area contributed by atoms with E-state index in [9.17, 15) is 5.26 Å². The molecule has 96 valence electrons. The number of hydrogen-bond acceptors (Lipinski definition) is 4. The second-order valence-electron chi connectivity index (χ2n) is 5.26. The number of nitrogens with one attached hydrogen (secondary N) is 1. The molecule has 4 nitrogen and oxygen atoms in total. The van der Waals surface area contributed by atoms with Crippen LogP contribution in [0.4, 0.5) is 5.82 Å². The molecule has 0 radical (unpaired) electrons. The van der Waals surface area contributed by atoms with Crippen molar-refractivity contribution in [3.63, 3.8) is 0 Å². The lowest BCUT2D eigenvalue weighted by Gasteiger charge is -2.30. The first-order chi connectivity index (χ1) is 8.63. The van der Waals surface area contributed by atoms with Crippen LogP contribution in [-0.4, -0.2) is 16.2 Å². The van der Waals surface area contributed by atoms with Gasteiger partial charge in [-0.1, -0.05) is 19.8 Å². The Labute approximate surface area is 108 Å².